The zero-order chi connectivity index (χ0) is 10.1. The van der Waals surface area contributed by atoms with E-state index in [1.807, 2.05) is 0 Å². The van der Waals surface area contributed by atoms with Crippen LogP contribution in [0.4, 0.5) is 0 Å². The Balaban J connectivity index is 3.30. The zero-order valence-corrected chi connectivity index (χ0v) is 8.13. The molecule has 0 bridgehead atoms. The molecule has 0 aliphatic rings. The molecule has 0 unspecified atom stereocenters. The van der Waals surface area contributed by atoms with Crippen LogP contribution in [-0.2, 0) is 10.1 Å². The van der Waals surface area contributed by atoms with Crippen molar-refractivity contribution in [3.05, 3.63) is 23.8 Å². The van der Waals surface area contributed by atoms with Gasteiger partial charge in [0.25, 0.3) is 10.1 Å². The van der Waals surface area contributed by atoms with Crippen LogP contribution in [0, 0.1) is 6.92 Å². The van der Waals surface area contributed by atoms with Crippen molar-refractivity contribution in [2.45, 2.75) is 11.8 Å². The van der Waals surface area contributed by atoms with Gasteiger partial charge in [-0.1, -0.05) is 6.07 Å². The lowest BCUT2D eigenvalue weighted by atomic mass is 10.2. The second kappa shape index (κ2) is 3.35. The largest absolute Gasteiger partial charge is 0.496 e. The van der Waals surface area contributed by atoms with E-state index in [4.69, 9.17) is 9.29 Å². The third kappa shape index (κ3) is 2.19. The average Bonchev–Trinajstić information content (AvgIpc) is 2.03. The number of aryl methyl sites for hydroxylation is 1. The number of rotatable bonds is 2. The molecular weight excluding hydrogens is 192 g/mol. The number of ether oxygens (including phenoxy) is 1. The van der Waals surface area contributed by atoms with E-state index in [1.54, 1.807) is 13.0 Å². The quantitative estimate of drug-likeness (QED) is 0.733. The Morgan fingerprint density at radius 1 is 1.38 bits per heavy atom. The lowest BCUT2D eigenvalue weighted by Gasteiger charge is -2.05. The summed E-state index contributed by atoms with van der Waals surface area (Å²) in [5.74, 6) is 0.440. The fourth-order valence-corrected chi connectivity index (χ4v) is 1.46. The van der Waals surface area contributed by atoms with Gasteiger partial charge in [0.1, 0.15) is 5.75 Å². The van der Waals surface area contributed by atoms with Crippen molar-refractivity contribution in [3.63, 3.8) is 0 Å². The highest BCUT2D eigenvalue weighted by Crippen LogP contribution is 2.21. The first-order chi connectivity index (χ1) is 5.95. The van der Waals surface area contributed by atoms with Gasteiger partial charge >= 0.3 is 0 Å². The van der Waals surface area contributed by atoms with Gasteiger partial charge in [0.05, 0.1) is 12.0 Å². The first kappa shape index (κ1) is 10.0. The van der Waals surface area contributed by atoms with Crippen molar-refractivity contribution >= 4 is 10.1 Å². The molecule has 0 saturated heterocycles. The molecule has 1 rings (SSSR count). The van der Waals surface area contributed by atoms with Crippen LogP contribution in [0.25, 0.3) is 0 Å². The standard InChI is InChI=1S/C8H10O4S/c1-6-3-4-7(13(9,10)11)5-8(6)12-2/h3-5H,1-2H3,(H,9,10,11). The van der Waals surface area contributed by atoms with Crippen molar-refractivity contribution in [2.24, 2.45) is 0 Å². The van der Waals surface area contributed by atoms with Crippen molar-refractivity contribution < 1.29 is 17.7 Å². The number of hydrogen-bond donors (Lipinski definition) is 1. The summed E-state index contributed by atoms with van der Waals surface area (Å²) < 4.78 is 35.0. The van der Waals surface area contributed by atoms with E-state index < -0.39 is 10.1 Å². The third-order valence-corrected chi connectivity index (χ3v) is 2.53. The monoisotopic (exact) mass is 202 g/mol. The SMILES string of the molecule is COc1cc(S(=O)(=O)O)ccc1C. The van der Waals surface area contributed by atoms with Gasteiger partial charge in [0, 0.05) is 6.07 Å². The molecule has 0 aliphatic heterocycles. The number of benzene rings is 1. The van der Waals surface area contributed by atoms with E-state index in [2.05, 4.69) is 0 Å². The van der Waals surface area contributed by atoms with Gasteiger partial charge in [0.2, 0.25) is 0 Å². The molecule has 0 aliphatic carbocycles. The number of methoxy groups -OCH3 is 1. The Morgan fingerprint density at radius 3 is 2.46 bits per heavy atom. The normalized spacial score (nSPS) is 11.3. The van der Waals surface area contributed by atoms with Crippen molar-refractivity contribution in [3.8, 4) is 5.75 Å². The van der Waals surface area contributed by atoms with Gasteiger partial charge in [-0.2, -0.15) is 8.42 Å². The maximum Gasteiger partial charge on any atom is 0.294 e. The molecule has 1 N–H and O–H groups in total. The average molecular weight is 202 g/mol. The van der Waals surface area contributed by atoms with Gasteiger partial charge < -0.3 is 4.74 Å². The molecule has 5 heteroatoms. The van der Waals surface area contributed by atoms with Crippen LogP contribution in [0.3, 0.4) is 0 Å². The fraction of sp³-hybridized carbons (Fsp3) is 0.250. The molecule has 1 aromatic carbocycles. The molecule has 0 radical (unpaired) electrons. The van der Waals surface area contributed by atoms with Crippen molar-refractivity contribution in [1.29, 1.82) is 0 Å². The molecule has 0 spiro atoms. The fourth-order valence-electron chi connectivity index (χ4n) is 0.961. The first-order valence-corrected chi connectivity index (χ1v) is 5.01. The smallest absolute Gasteiger partial charge is 0.294 e. The summed E-state index contributed by atoms with van der Waals surface area (Å²) in [5, 5.41) is 0. The molecule has 4 nitrogen and oxygen atoms in total. The van der Waals surface area contributed by atoms with Gasteiger partial charge in [-0.25, -0.2) is 0 Å². The zero-order valence-electron chi connectivity index (χ0n) is 7.31. The molecule has 0 saturated carbocycles. The number of hydrogen-bond acceptors (Lipinski definition) is 3. The van der Waals surface area contributed by atoms with E-state index in [1.165, 1.54) is 19.2 Å². The van der Waals surface area contributed by atoms with Crippen LogP contribution in [0.15, 0.2) is 23.1 Å². The van der Waals surface area contributed by atoms with Crippen LogP contribution >= 0.6 is 0 Å². The topological polar surface area (TPSA) is 63.6 Å². The molecule has 0 atom stereocenters. The van der Waals surface area contributed by atoms with Gasteiger partial charge in [-0.15, -0.1) is 0 Å². The highest BCUT2D eigenvalue weighted by atomic mass is 32.2. The van der Waals surface area contributed by atoms with E-state index in [0.717, 1.165) is 5.56 Å². The first-order valence-electron chi connectivity index (χ1n) is 3.57. The summed E-state index contributed by atoms with van der Waals surface area (Å²) in [7, 11) is -2.69. The Morgan fingerprint density at radius 2 is 2.00 bits per heavy atom. The summed E-state index contributed by atoms with van der Waals surface area (Å²) in [4.78, 5) is -0.157. The lowest BCUT2D eigenvalue weighted by Crippen LogP contribution is -1.99. The molecule has 13 heavy (non-hydrogen) atoms. The second-order valence-electron chi connectivity index (χ2n) is 2.61. The lowest BCUT2D eigenvalue weighted by molar-refractivity contribution is 0.409. The van der Waals surface area contributed by atoms with Crippen LogP contribution < -0.4 is 4.74 Å². The van der Waals surface area contributed by atoms with Crippen LogP contribution in [0.2, 0.25) is 0 Å². The van der Waals surface area contributed by atoms with Crippen LogP contribution in [0.5, 0.6) is 5.75 Å². The highest BCUT2D eigenvalue weighted by molar-refractivity contribution is 7.85. The third-order valence-electron chi connectivity index (χ3n) is 1.68. The molecule has 0 heterocycles. The van der Waals surface area contributed by atoms with E-state index in [0.29, 0.717) is 5.75 Å². The van der Waals surface area contributed by atoms with Crippen molar-refractivity contribution in [1.82, 2.24) is 0 Å². The Hall–Kier alpha value is -1.07. The molecule has 72 valence electrons. The minimum Gasteiger partial charge on any atom is -0.496 e. The summed E-state index contributed by atoms with van der Waals surface area (Å²) >= 11 is 0. The summed E-state index contributed by atoms with van der Waals surface area (Å²) in [6.45, 7) is 1.78. The maximum atomic E-state index is 10.7. The minimum atomic E-state index is -4.13. The predicted octanol–water partition coefficient (Wildman–Crippen LogP) is 1.25. The van der Waals surface area contributed by atoms with E-state index >= 15 is 0 Å². The molecule has 0 fully saturated rings. The Kier molecular flexibility index (Phi) is 2.58. The summed E-state index contributed by atoms with van der Waals surface area (Å²) in [5.41, 5.74) is 0.815. The molecule has 0 aromatic heterocycles. The predicted molar refractivity (Wildman–Crippen MR) is 47.5 cm³/mol. The second-order valence-corrected chi connectivity index (χ2v) is 4.03. The van der Waals surface area contributed by atoms with E-state index in [-0.39, 0.29) is 4.90 Å². The summed E-state index contributed by atoms with van der Waals surface area (Å²) in [6.07, 6.45) is 0. The highest BCUT2D eigenvalue weighted by Gasteiger charge is 2.11. The Labute approximate surface area is 76.9 Å². The Bertz CT molecular complexity index is 408. The minimum absolute atomic E-state index is 0.157. The van der Waals surface area contributed by atoms with Crippen LogP contribution in [-0.4, -0.2) is 20.1 Å². The van der Waals surface area contributed by atoms with Gasteiger partial charge in [-0.3, -0.25) is 4.55 Å². The van der Waals surface area contributed by atoms with Crippen LogP contribution in [0.1, 0.15) is 5.56 Å². The molecule has 1 aromatic rings. The molecular formula is C8H10O4S. The summed E-state index contributed by atoms with van der Waals surface area (Å²) in [6, 6.07) is 4.18. The van der Waals surface area contributed by atoms with Crippen molar-refractivity contribution in [2.75, 3.05) is 7.11 Å². The van der Waals surface area contributed by atoms with Gasteiger partial charge in [-0.05, 0) is 18.6 Å². The van der Waals surface area contributed by atoms with E-state index in [9.17, 15) is 8.42 Å². The molecule has 0 amide bonds. The van der Waals surface area contributed by atoms with Gasteiger partial charge in [0.15, 0.2) is 0 Å². The maximum absolute atomic E-state index is 10.7.